The van der Waals surface area contributed by atoms with E-state index in [1.807, 2.05) is 0 Å². The fourth-order valence-corrected chi connectivity index (χ4v) is 0.619. The number of nitrogens with one attached hydrogen (secondary N) is 1. The summed E-state index contributed by atoms with van der Waals surface area (Å²) in [6, 6.07) is 0. The van der Waals surface area contributed by atoms with Crippen LogP contribution in [0.15, 0.2) is 12.0 Å². The Hall–Kier alpha value is -0.0626. The average molecular weight is 105 g/mol. The van der Waals surface area contributed by atoms with E-state index in [9.17, 15) is 5.11 Å². The van der Waals surface area contributed by atoms with Crippen molar-refractivity contribution in [1.29, 1.82) is 0 Å². The van der Waals surface area contributed by atoms with Gasteiger partial charge in [0.15, 0.2) is 0 Å². The Morgan fingerprint density at radius 3 is 2.62 bits per heavy atom. The molecule has 0 amide bonds. The minimum atomic E-state index is 0. The molecule has 0 aromatic heterocycles. The van der Waals surface area contributed by atoms with Crippen molar-refractivity contribution >= 4 is 0 Å². The van der Waals surface area contributed by atoms with Gasteiger partial charge in [0.2, 0.25) is 0 Å². The third kappa shape index (κ3) is 2.30. The first kappa shape index (κ1) is 7.94. The normalized spacial score (nSPS) is 17.8. The smallest absolute Gasteiger partial charge is 0.861 e. The molecule has 40 valence electrons. The number of allylic oxidation sites excluding steroid dienone is 1. The van der Waals surface area contributed by atoms with Crippen LogP contribution in [0.4, 0.5) is 0 Å². The van der Waals surface area contributed by atoms with E-state index in [0.717, 1.165) is 19.4 Å². The second-order valence-corrected chi connectivity index (χ2v) is 1.64. The average Bonchev–Trinajstić information content (AvgIpc) is 1.69. The van der Waals surface area contributed by atoms with Crippen molar-refractivity contribution < 1.29 is 24.0 Å². The van der Waals surface area contributed by atoms with Gasteiger partial charge < -0.3 is 10.4 Å². The summed E-state index contributed by atoms with van der Waals surface area (Å²) in [6.07, 6.45) is 3.74. The van der Waals surface area contributed by atoms with Gasteiger partial charge in [0.05, 0.1) is 0 Å². The maximum absolute atomic E-state index is 10.3. The summed E-state index contributed by atoms with van der Waals surface area (Å²) in [5.41, 5.74) is 0. The van der Waals surface area contributed by atoms with Gasteiger partial charge in [-0.25, -0.2) is 0 Å². The third-order valence-corrected chi connectivity index (χ3v) is 1.01. The van der Waals surface area contributed by atoms with Gasteiger partial charge >= 0.3 is 18.9 Å². The van der Waals surface area contributed by atoms with E-state index in [2.05, 4.69) is 5.32 Å². The quantitative estimate of drug-likeness (QED) is 0.325. The molecule has 3 heteroatoms. The maximum Gasteiger partial charge on any atom is 1.00 e. The monoisotopic (exact) mass is 105 g/mol. The molecular formula is C5H8LiNO. The van der Waals surface area contributed by atoms with E-state index in [-0.39, 0.29) is 24.7 Å². The molecule has 0 aliphatic carbocycles. The van der Waals surface area contributed by atoms with Crippen LogP contribution >= 0.6 is 0 Å². The summed E-state index contributed by atoms with van der Waals surface area (Å²) in [5, 5.41) is 13.0. The molecule has 2 nitrogen and oxygen atoms in total. The Balaban J connectivity index is 0.000000490. The van der Waals surface area contributed by atoms with Crippen LogP contribution in [0.5, 0.6) is 0 Å². The SMILES string of the molecule is [Li+].[O-]C1=CCCCN1. The van der Waals surface area contributed by atoms with Gasteiger partial charge in [-0.3, -0.25) is 0 Å². The summed E-state index contributed by atoms with van der Waals surface area (Å²) < 4.78 is 0. The molecule has 0 aromatic rings. The molecule has 0 atom stereocenters. The van der Waals surface area contributed by atoms with Crippen LogP contribution in [0.3, 0.4) is 0 Å². The Morgan fingerprint density at radius 2 is 2.38 bits per heavy atom. The van der Waals surface area contributed by atoms with Crippen molar-refractivity contribution in [2.75, 3.05) is 6.54 Å². The minimum Gasteiger partial charge on any atom is -0.861 e. The van der Waals surface area contributed by atoms with Crippen molar-refractivity contribution in [3.05, 3.63) is 12.0 Å². The van der Waals surface area contributed by atoms with E-state index in [1.165, 1.54) is 0 Å². The standard InChI is InChI=1S/C5H9NO.Li/c7-5-3-1-2-4-6-5;/h3,6-7H,1-2,4H2;/q;+1/p-1. The first-order valence-electron chi connectivity index (χ1n) is 2.50. The first-order valence-corrected chi connectivity index (χ1v) is 2.50. The molecule has 1 rings (SSSR count). The van der Waals surface area contributed by atoms with Crippen molar-refractivity contribution in [1.82, 2.24) is 5.32 Å². The van der Waals surface area contributed by atoms with E-state index in [1.54, 1.807) is 6.08 Å². The zero-order chi connectivity index (χ0) is 5.11. The van der Waals surface area contributed by atoms with E-state index in [0.29, 0.717) is 0 Å². The summed E-state index contributed by atoms with van der Waals surface area (Å²) in [6.45, 7) is 0.856. The van der Waals surface area contributed by atoms with Crippen molar-refractivity contribution in [2.45, 2.75) is 12.8 Å². The fraction of sp³-hybridized carbons (Fsp3) is 0.600. The Bertz CT molecular complexity index is 92.4. The summed E-state index contributed by atoms with van der Waals surface area (Å²) in [5.74, 6) is 0.0891. The zero-order valence-electron chi connectivity index (χ0n) is 5.11. The minimum absolute atomic E-state index is 0. The van der Waals surface area contributed by atoms with Gasteiger partial charge in [-0.2, -0.15) is 0 Å². The molecular weight excluding hydrogens is 97.0 g/mol. The second-order valence-electron chi connectivity index (χ2n) is 1.64. The van der Waals surface area contributed by atoms with Crippen LogP contribution in [-0.4, -0.2) is 6.54 Å². The third-order valence-electron chi connectivity index (χ3n) is 1.01. The molecule has 1 N–H and O–H groups in total. The zero-order valence-corrected chi connectivity index (χ0v) is 5.11. The van der Waals surface area contributed by atoms with Gasteiger partial charge in [-0.1, -0.05) is 6.08 Å². The van der Waals surface area contributed by atoms with Gasteiger partial charge in [0.1, 0.15) is 0 Å². The van der Waals surface area contributed by atoms with Gasteiger partial charge in [0.25, 0.3) is 0 Å². The molecule has 8 heavy (non-hydrogen) atoms. The van der Waals surface area contributed by atoms with E-state index < -0.39 is 0 Å². The first-order chi connectivity index (χ1) is 3.39. The van der Waals surface area contributed by atoms with Crippen LogP contribution in [0.2, 0.25) is 0 Å². The van der Waals surface area contributed by atoms with Crippen molar-refractivity contribution in [3.63, 3.8) is 0 Å². The molecule has 0 unspecified atom stereocenters. The van der Waals surface area contributed by atoms with Gasteiger partial charge in [0, 0.05) is 6.54 Å². The van der Waals surface area contributed by atoms with Crippen LogP contribution in [-0.2, 0) is 0 Å². The van der Waals surface area contributed by atoms with Crippen molar-refractivity contribution in [3.8, 4) is 0 Å². The van der Waals surface area contributed by atoms with Crippen LogP contribution in [0.1, 0.15) is 12.8 Å². The van der Waals surface area contributed by atoms with Gasteiger partial charge in [-0.05, 0) is 18.7 Å². The molecule has 0 fully saturated rings. The fourth-order valence-electron chi connectivity index (χ4n) is 0.619. The number of hydrogen-bond acceptors (Lipinski definition) is 2. The molecule has 0 aromatic carbocycles. The molecule has 0 saturated carbocycles. The Kier molecular flexibility index (Phi) is 3.85. The predicted molar refractivity (Wildman–Crippen MR) is 25.3 cm³/mol. The molecule has 1 heterocycles. The summed E-state index contributed by atoms with van der Waals surface area (Å²) in [7, 11) is 0. The van der Waals surface area contributed by atoms with Crippen molar-refractivity contribution in [2.24, 2.45) is 0 Å². The number of rotatable bonds is 0. The number of hydrogen-bond donors (Lipinski definition) is 1. The van der Waals surface area contributed by atoms with Crippen LogP contribution in [0, 0.1) is 0 Å². The van der Waals surface area contributed by atoms with Crippen LogP contribution < -0.4 is 29.3 Å². The molecule has 0 saturated heterocycles. The molecule has 0 spiro atoms. The predicted octanol–water partition coefficient (Wildman–Crippen LogP) is -3.42. The second kappa shape index (κ2) is 3.88. The topological polar surface area (TPSA) is 35.1 Å². The molecule has 1 aliphatic rings. The summed E-state index contributed by atoms with van der Waals surface area (Å²) >= 11 is 0. The Morgan fingerprint density at radius 1 is 1.62 bits per heavy atom. The van der Waals surface area contributed by atoms with Crippen LogP contribution in [0.25, 0.3) is 0 Å². The Labute approximate surface area is 61.1 Å². The summed E-state index contributed by atoms with van der Waals surface area (Å²) in [4.78, 5) is 0. The molecule has 0 radical (unpaired) electrons. The largest absolute Gasteiger partial charge is 1.00 e. The molecule has 1 aliphatic heterocycles. The van der Waals surface area contributed by atoms with E-state index >= 15 is 0 Å². The van der Waals surface area contributed by atoms with E-state index in [4.69, 9.17) is 0 Å². The molecule has 0 bridgehead atoms. The van der Waals surface area contributed by atoms with Gasteiger partial charge in [-0.15, -0.1) is 0 Å². The maximum atomic E-state index is 10.3.